The van der Waals surface area contributed by atoms with Crippen LogP contribution in [0.2, 0.25) is 0 Å². The highest BCUT2D eigenvalue weighted by Gasteiger charge is 2.21. The fourth-order valence-corrected chi connectivity index (χ4v) is 3.80. The third kappa shape index (κ3) is 2.94. The van der Waals surface area contributed by atoms with E-state index in [1.807, 2.05) is 0 Å². The van der Waals surface area contributed by atoms with Gasteiger partial charge in [0.15, 0.2) is 4.21 Å². The Balaban J connectivity index is 2.18. The molecule has 104 valence electrons. The number of H-pyrrole nitrogens is 1. The van der Waals surface area contributed by atoms with Crippen LogP contribution in [0.1, 0.15) is 23.0 Å². The van der Waals surface area contributed by atoms with Crippen LogP contribution in [0.25, 0.3) is 0 Å². The zero-order valence-corrected chi connectivity index (χ0v) is 12.2. The van der Waals surface area contributed by atoms with E-state index in [0.717, 1.165) is 5.69 Å². The monoisotopic (exact) mass is 303 g/mol. The van der Waals surface area contributed by atoms with Gasteiger partial charge in [-0.2, -0.15) is 0 Å². The molecule has 2 rings (SSSR count). The number of thiazole rings is 1. The molecular formula is C10H13N3O4S2. The average molecular weight is 303 g/mol. The van der Waals surface area contributed by atoms with Gasteiger partial charge in [-0.25, -0.2) is 18.1 Å². The number of oxazole rings is 1. The fraction of sp³-hybridized carbons (Fsp3) is 0.400. The van der Waals surface area contributed by atoms with Gasteiger partial charge < -0.3 is 9.40 Å². The molecule has 2 aromatic rings. The number of hydrogen-bond acceptors (Lipinski definition) is 6. The normalized spacial score (nSPS) is 11.9. The number of aryl methyl sites for hydroxylation is 3. The maximum absolute atomic E-state index is 12.0. The first kappa shape index (κ1) is 14.0. The highest BCUT2D eigenvalue weighted by atomic mass is 32.2. The van der Waals surface area contributed by atoms with Gasteiger partial charge in [0.1, 0.15) is 5.76 Å². The summed E-state index contributed by atoms with van der Waals surface area (Å²) < 4.78 is 31.6. The van der Waals surface area contributed by atoms with Crippen molar-refractivity contribution in [3.05, 3.63) is 32.7 Å². The third-order valence-corrected chi connectivity index (χ3v) is 5.52. The van der Waals surface area contributed by atoms with Gasteiger partial charge in [-0.1, -0.05) is 11.3 Å². The molecule has 0 atom stereocenters. The summed E-state index contributed by atoms with van der Waals surface area (Å²) in [5.74, 6) is 0.941. The van der Waals surface area contributed by atoms with Gasteiger partial charge in [-0.05, 0) is 20.8 Å². The zero-order valence-electron chi connectivity index (χ0n) is 10.6. The van der Waals surface area contributed by atoms with Crippen LogP contribution in [0.15, 0.2) is 13.4 Å². The SMILES string of the molecule is Cc1nc(CNS(=O)(=O)c2sc(=O)[nH]c2C)oc1C. The van der Waals surface area contributed by atoms with Gasteiger partial charge in [0.05, 0.1) is 12.2 Å². The minimum atomic E-state index is -3.73. The number of rotatable bonds is 4. The van der Waals surface area contributed by atoms with Crippen molar-refractivity contribution < 1.29 is 12.8 Å². The van der Waals surface area contributed by atoms with E-state index in [2.05, 4.69) is 14.7 Å². The first-order valence-electron chi connectivity index (χ1n) is 5.42. The Kier molecular flexibility index (Phi) is 3.61. The molecule has 0 fully saturated rings. The lowest BCUT2D eigenvalue weighted by Gasteiger charge is -2.02. The van der Waals surface area contributed by atoms with E-state index in [9.17, 15) is 13.2 Å². The van der Waals surface area contributed by atoms with Crippen molar-refractivity contribution in [2.24, 2.45) is 0 Å². The van der Waals surface area contributed by atoms with E-state index in [1.165, 1.54) is 6.92 Å². The molecule has 0 aliphatic heterocycles. The smallest absolute Gasteiger partial charge is 0.305 e. The Labute approximate surface area is 113 Å². The lowest BCUT2D eigenvalue weighted by Crippen LogP contribution is -2.23. The Morgan fingerprint density at radius 3 is 2.53 bits per heavy atom. The molecule has 0 unspecified atom stereocenters. The van der Waals surface area contributed by atoms with Crippen LogP contribution in [0, 0.1) is 20.8 Å². The second-order valence-electron chi connectivity index (χ2n) is 4.00. The van der Waals surface area contributed by atoms with E-state index in [1.54, 1.807) is 13.8 Å². The quantitative estimate of drug-likeness (QED) is 0.870. The standard InChI is InChI=1S/C10H13N3O4S2/c1-5-7(3)17-8(12-5)4-11-19(15,16)9-6(2)13-10(14)18-9/h11H,4H2,1-3H3,(H,13,14). The second-order valence-corrected chi connectivity index (χ2v) is 6.95. The molecule has 0 spiro atoms. The Morgan fingerprint density at radius 1 is 1.37 bits per heavy atom. The van der Waals surface area contributed by atoms with Crippen LogP contribution >= 0.6 is 11.3 Å². The van der Waals surface area contributed by atoms with Gasteiger partial charge >= 0.3 is 4.87 Å². The fourth-order valence-electron chi connectivity index (χ4n) is 1.48. The topological polar surface area (TPSA) is 105 Å². The molecule has 2 aromatic heterocycles. The van der Waals surface area contributed by atoms with Crippen LogP contribution < -0.4 is 9.60 Å². The van der Waals surface area contributed by atoms with Gasteiger partial charge in [-0.15, -0.1) is 0 Å². The predicted octanol–water partition coefficient (Wildman–Crippen LogP) is 0.828. The first-order valence-corrected chi connectivity index (χ1v) is 7.72. The van der Waals surface area contributed by atoms with E-state index in [-0.39, 0.29) is 10.8 Å². The van der Waals surface area contributed by atoms with Crippen LogP contribution in [0.5, 0.6) is 0 Å². The third-order valence-electron chi connectivity index (χ3n) is 2.51. The Hall–Kier alpha value is -1.45. The molecule has 0 aliphatic carbocycles. The molecule has 0 bridgehead atoms. The summed E-state index contributed by atoms with van der Waals surface area (Å²) in [7, 11) is -3.73. The summed E-state index contributed by atoms with van der Waals surface area (Å²) in [6, 6.07) is 0. The van der Waals surface area contributed by atoms with E-state index < -0.39 is 14.9 Å². The molecule has 0 saturated heterocycles. The maximum atomic E-state index is 12.0. The van der Waals surface area contributed by atoms with Gasteiger partial charge in [0.25, 0.3) is 10.0 Å². The summed E-state index contributed by atoms with van der Waals surface area (Å²) in [6.45, 7) is 5.01. The van der Waals surface area contributed by atoms with Crippen molar-refractivity contribution in [2.75, 3.05) is 0 Å². The number of nitrogens with zero attached hydrogens (tertiary/aromatic N) is 1. The van der Waals surface area contributed by atoms with Crippen molar-refractivity contribution in [1.29, 1.82) is 0 Å². The molecule has 2 heterocycles. The molecule has 19 heavy (non-hydrogen) atoms. The van der Waals surface area contributed by atoms with Crippen LogP contribution in [0.4, 0.5) is 0 Å². The summed E-state index contributed by atoms with van der Waals surface area (Å²) in [6.07, 6.45) is 0. The number of aromatic nitrogens is 2. The molecule has 2 N–H and O–H groups in total. The lowest BCUT2D eigenvalue weighted by atomic mass is 10.4. The number of nitrogens with one attached hydrogen (secondary N) is 2. The average Bonchev–Trinajstić information content (AvgIpc) is 2.80. The largest absolute Gasteiger partial charge is 0.444 e. The zero-order chi connectivity index (χ0) is 14.2. The molecule has 7 nitrogen and oxygen atoms in total. The molecule has 0 saturated carbocycles. The van der Waals surface area contributed by atoms with E-state index in [0.29, 0.717) is 28.7 Å². The first-order chi connectivity index (χ1) is 8.79. The van der Waals surface area contributed by atoms with Crippen molar-refractivity contribution in [2.45, 2.75) is 31.5 Å². The van der Waals surface area contributed by atoms with Gasteiger partial charge in [-0.3, -0.25) is 4.79 Å². The molecule has 0 aliphatic rings. The predicted molar refractivity (Wildman–Crippen MR) is 69.7 cm³/mol. The minimum Gasteiger partial charge on any atom is -0.444 e. The number of aromatic amines is 1. The van der Waals surface area contributed by atoms with E-state index in [4.69, 9.17) is 4.42 Å². The summed E-state index contributed by atoms with van der Waals surface area (Å²) in [5.41, 5.74) is 1.04. The lowest BCUT2D eigenvalue weighted by molar-refractivity contribution is 0.463. The highest BCUT2D eigenvalue weighted by molar-refractivity contribution is 7.91. The Morgan fingerprint density at radius 2 is 2.05 bits per heavy atom. The summed E-state index contributed by atoms with van der Waals surface area (Å²) >= 11 is 0.652. The Bertz CT molecular complexity index is 735. The van der Waals surface area contributed by atoms with Crippen molar-refractivity contribution in [1.82, 2.24) is 14.7 Å². The number of sulfonamides is 1. The van der Waals surface area contributed by atoms with Gasteiger partial charge in [0, 0.05) is 5.69 Å². The molecule has 0 aromatic carbocycles. The number of hydrogen-bond donors (Lipinski definition) is 2. The molecule has 0 radical (unpaired) electrons. The van der Waals surface area contributed by atoms with Crippen molar-refractivity contribution in [3.8, 4) is 0 Å². The van der Waals surface area contributed by atoms with Crippen LogP contribution in [0.3, 0.4) is 0 Å². The summed E-state index contributed by atoms with van der Waals surface area (Å²) in [5, 5.41) is 0. The second kappa shape index (κ2) is 4.91. The van der Waals surface area contributed by atoms with Crippen LogP contribution in [-0.2, 0) is 16.6 Å². The molecule has 0 amide bonds. The van der Waals surface area contributed by atoms with Gasteiger partial charge in [0.2, 0.25) is 5.89 Å². The maximum Gasteiger partial charge on any atom is 0.305 e. The molecular weight excluding hydrogens is 290 g/mol. The van der Waals surface area contributed by atoms with Crippen LogP contribution in [-0.4, -0.2) is 18.4 Å². The van der Waals surface area contributed by atoms with E-state index >= 15 is 0 Å². The molecule has 9 heteroatoms. The minimum absolute atomic E-state index is 0.0162. The van der Waals surface area contributed by atoms with Crippen molar-refractivity contribution >= 4 is 21.4 Å². The summed E-state index contributed by atoms with van der Waals surface area (Å²) in [4.78, 5) is 17.2. The highest BCUT2D eigenvalue weighted by Crippen LogP contribution is 2.16. The van der Waals surface area contributed by atoms with Crippen molar-refractivity contribution in [3.63, 3.8) is 0 Å².